The molecule has 4 heteroatoms. The van der Waals surface area contributed by atoms with Crippen LogP contribution in [0.2, 0.25) is 0 Å². The number of fused-ring (bicyclic) bond motifs is 3. The first-order valence-electron chi connectivity index (χ1n) is 6.53. The van der Waals surface area contributed by atoms with Gasteiger partial charge in [0.25, 0.3) is 0 Å². The van der Waals surface area contributed by atoms with E-state index in [9.17, 15) is 9.90 Å². The van der Waals surface area contributed by atoms with Crippen LogP contribution < -0.4 is 0 Å². The van der Waals surface area contributed by atoms with Crippen molar-refractivity contribution in [1.82, 2.24) is 9.47 Å². The van der Waals surface area contributed by atoms with E-state index in [4.69, 9.17) is 0 Å². The van der Waals surface area contributed by atoms with Crippen molar-refractivity contribution in [3.63, 3.8) is 0 Å². The molecule has 1 aliphatic rings. The van der Waals surface area contributed by atoms with Gasteiger partial charge in [-0.05, 0) is 32.5 Å². The van der Waals surface area contributed by atoms with E-state index in [1.807, 2.05) is 20.0 Å². The van der Waals surface area contributed by atoms with Crippen LogP contribution in [0.25, 0.3) is 10.9 Å². The molecular weight excluding hydrogens is 240 g/mol. The number of rotatable bonds is 1. The highest BCUT2D eigenvalue weighted by molar-refractivity contribution is 6.06. The minimum atomic E-state index is -0.820. The molecule has 1 aliphatic heterocycles. The lowest BCUT2D eigenvalue weighted by atomic mass is 10.0. The highest BCUT2D eigenvalue weighted by Gasteiger charge is 2.26. The fourth-order valence-corrected chi connectivity index (χ4v) is 3.19. The Hall–Kier alpha value is -1.81. The van der Waals surface area contributed by atoms with Crippen LogP contribution >= 0.6 is 0 Å². The molecule has 0 spiro atoms. The van der Waals surface area contributed by atoms with Gasteiger partial charge in [0, 0.05) is 30.7 Å². The topological polar surface area (TPSA) is 45.5 Å². The lowest BCUT2D eigenvalue weighted by molar-refractivity contribution is 0.0695. The van der Waals surface area contributed by atoms with Gasteiger partial charge in [-0.15, -0.1) is 0 Å². The fourth-order valence-electron chi connectivity index (χ4n) is 3.19. The van der Waals surface area contributed by atoms with Crippen molar-refractivity contribution >= 4 is 16.9 Å². The van der Waals surface area contributed by atoms with Crippen LogP contribution in [0.4, 0.5) is 0 Å². The average Bonchev–Trinajstić information content (AvgIpc) is 2.61. The second kappa shape index (κ2) is 4.10. The molecule has 4 nitrogen and oxygen atoms in total. The summed E-state index contributed by atoms with van der Waals surface area (Å²) in [6, 6.07) is 4.12. The van der Waals surface area contributed by atoms with Crippen molar-refractivity contribution < 1.29 is 9.90 Å². The number of hydrogen-bond acceptors (Lipinski definition) is 2. The Kier molecular flexibility index (Phi) is 2.64. The van der Waals surface area contributed by atoms with E-state index in [-0.39, 0.29) is 0 Å². The summed E-state index contributed by atoms with van der Waals surface area (Å²) in [4.78, 5) is 13.8. The molecular formula is C15H18N2O2. The van der Waals surface area contributed by atoms with Gasteiger partial charge in [0.2, 0.25) is 0 Å². The lowest BCUT2D eigenvalue weighted by Gasteiger charge is -2.25. The molecule has 0 saturated carbocycles. The third kappa shape index (κ3) is 1.75. The van der Waals surface area contributed by atoms with Gasteiger partial charge in [-0.25, -0.2) is 4.79 Å². The molecule has 0 aliphatic carbocycles. The Balaban J connectivity index is 2.43. The first-order valence-corrected chi connectivity index (χ1v) is 6.53. The predicted octanol–water partition coefficient (Wildman–Crippen LogP) is 2.40. The van der Waals surface area contributed by atoms with Gasteiger partial charge in [0.15, 0.2) is 0 Å². The maximum atomic E-state index is 11.6. The molecule has 3 rings (SSSR count). The van der Waals surface area contributed by atoms with Gasteiger partial charge in [-0.3, -0.25) is 4.90 Å². The average molecular weight is 258 g/mol. The van der Waals surface area contributed by atoms with Gasteiger partial charge in [-0.1, -0.05) is 11.6 Å². The first-order chi connectivity index (χ1) is 8.99. The summed E-state index contributed by atoms with van der Waals surface area (Å²) < 4.78 is 2.19. The third-order valence-electron chi connectivity index (χ3n) is 3.94. The van der Waals surface area contributed by atoms with Gasteiger partial charge < -0.3 is 9.67 Å². The quantitative estimate of drug-likeness (QED) is 0.854. The minimum Gasteiger partial charge on any atom is -0.478 e. The van der Waals surface area contributed by atoms with E-state index in [2.05, 4.69) is 22.5 Å². The molecule has 0 unspecified atom stereocenters. The molecule has 0 fully saturated rings. The molecule has 19 heavy (non-hydrogen) atoms. The zero-order chi connectivity index (χ0) is 13.7. The first kappa shape index (κ1) is 12.2. The zero-order valence-corrected chi connectivity index (χ0v) is 11.5. The smallest absolute Gasteiger partial charge is 0.338 e. The van der Waals surface area contributed by atoms with Crippen LogP contribution in [-0.2, 0) is 13.1 Å². The van der Waals surface area contributed by atoms with E-state index in [1.165, 1.54) is 0 Å². The normalized spacial score (nSPS) is 15.7. The Morgan fingerprint density at radius 1 is 1.26 bits per heavy atom. The van der Waals surface area contributed by atoms with E-state index in [0.29, 0.717) is 12.1 Å². The summed E-state index contributed by atoms with van der Waals surface area (Å²) in [6.07, 6.45) is 0. The highest BCUT2D eigenvalue weighted by Crippen LogP contribution is 2.32. The molecule has 100 valence electrons. The second-order valence-electron chi connectivity index (χ2n) is 5.49. The van der Waals surface area contributed by atoms with Crippen molar-refractivity contribution in [2.45, 2.75) is 26.9 Å². The molecule has 0 atom stereocenters. The molecule has 0 bridgehead atoms. The van der Waals surface area contributed by atoms with E-state index >= 15 is 0 Å². The molecule has 0 amide bonds. The SMILES string of the molecule is Cc1cc(C)c2c(c1)c(C(=O)O)c1n2CCN(C)C1. The van der Waals surface area contributed by atoms with Crippen LogP contribution in [-0.4, -0.2) is 34.1 Å². The summed E-state index contributed by atoms with van der Waals surface area (Å²) in [5.74, 6) is -0.820. The number of benzene rings is 1. The van der Waals surface area contributed by atoms with Crippen LogP contribution in [0.15, 0.2) is 12.1 Å². The summed E-state index contributed by atoms with van der Waals surface area (Å²) in [5, 5.41) is 10.4. The van der Waals surface area contributed by atoms with Crippen LogP contribution in [0.1, 0.15) is 27.2 Å². The van der Waals surface area contributed by atoms with Gasteiger partial charge in [-0.2, -0.15) is 0 Å². The molecule has 2 aromatic rings. The number of nitrogens with zero attached hydrogens (tertiary/aromatic N) is 2. The fraction of sp³-hybridized carbons (Fsp3) is 0.400. The van der Waals surface area contributed by atoms with Crippen molar-refractivity contribution in [3.8, 4) is 0 Å². The van der Waals surface area contributed by atoms with Gasteiger partial charge in [0.05, 0.1) is 11.1 Å². The van der Waals surface area contributed by atoms with Crippen LogP contribution in [0.5, 0.6) is 0 Å². The predicted molar refractivity (Wildman–Crippen MR) is 74.7 cm³/mol. The molecule has 0 radical (unpaired) electrons. The Morgan fingerprint density at radius 2 is 2.00 bits per heavy atom. The Morgan fingerprint density at radius 3 is 2.68 bits per heavy atom. The number of aromatic nitrogens is 1. The van der Waals surface area contributed by atoms with Crippen molar-refractivity contribution in [1.29, 1.82) is 0 Å². The van der Waals surface area contributed by atoms with E-state index in [1.54, 1.807) is 0 Å². The van der Waals surface area contributed by atoms with E-state index < -0.39 is 5.97 Å². The second-order valence-corrected chi connectivity index (χ2v) is 5.49. The number of carboxylic acid groups (broad SMARTS) is 1. The van der Waals surface area contributed by atoms with E-state index in [0.717, 1.165) is 40.8 Å². The van der Waals surface area contributed by atoms with Crippen LogP contribution in [0, 0.1) is 13.8 Å². The third-order valence-corrected chi connectivity index (χ3v) is 3.94. The number of aromatic carboxylic acids is 1. The molecule has 1 aromatic carbocycles. The number of likely N-dealkylation sites (N-methyl/N-ethyl adjacent to an activating group) is 1. The van der Waals surface area contributed by atoms with Crippen molar-refractivity contribution in [2.24, 2.45) is 0 Å². The lowest BCUT2D eigenvalue weighted by Crippen LogP contribution is -2.31. The Labute approximate surface area is 112 Å². The standard InChI is InChI=1S/C15H18N2O2/c1-9-6-10(2)14-11(7-9)13(15(18)19)12-8-16(3)4-5-17(12)14/h6-7H,4-5,8H2,1-3H3,(H,18,19). The molecule has 1 aromatic heterocycles. The summed E-state index contributed by atoms with van der Waals surface area (Å²) in [5.41, 5.74) is 4.78. The number of carboxylic acids is 1. The molecule has 0 saturated heterocycles. The van der Waals surface area contributed by atoms with Gasteiger partial charge >= 0.3 is 5.97 Å². The maximum Gasteiger partial charge on any atom is 0.338 e. The number of carbonyl (C=O) groups is 1. The largest absolute Gasteiger partial charge is 0.478 e. The monoisotopic (exact) mass is 258 g/mol. The summed E-state index contributed by atoms with van der Waals surface area (Å²) in [6.45, 7) is 6.60. The molecule has 2 heterocycles. The van der Waals surface area contributed by atoms with Crippen molar-refractivity contribution in [3.05, 3.63) is 34.5 Å². The molecule has 1 N–H and O–H groups in total. The summed E-state index contributed by atoms with van der Waals surface area (Å²) in [7, 11) is 2.03. The maximum absolute atomic E-state index is 11.6. The Bertz CT molecular complexity index is 685. The number of aryl methyl sites for hydroxylation is 2. The minimum absolute atomic E-state index is 0.480. The van der Waals surface area contributed by atoms with Crippen LogP contribution in [0.3, 0.4) is 0 Å². The summed E-state index contributed by atoms with van der Waals surface area (Å²) >= 11 is 0. The highest BCUT2D eigenvalue weighted by atomic mass is 16.4. The number of hydrogen-bond donors (Lipinski definition) is 1. The van der Waals surface area contributed by atoms with Crippen molar-refractivity contribution in [2.75, 3.05) is 13.6 Å². The zero-order valence-electron chi connectivity index (χ0n) is 11.5. The van der Waals surface area contributed by atoms with Gasteiger partial charge in [0.1, 0.15) is 0 Å².